The van der Waals surface area contributed by atoms with Crippen LogP contribution in [0, 0.1) is 11.6 Å². The zero-order valence-electron chi connectivity index (χ0n) is 9.45. The molecule has 0 bridgehead atoms. The highest BCUT2D eigenvalue weighted by Crippen LogP contribution is 2.11. The van der Waals surface area contributed by atoms with Crippen LogP contribution in [0.15, 0.2) is 30.9 Å². The molecule has 1 rings (SSSR count). The molecule has 2 amide bonds. The summed E-state index contributed by atoms with van der Waals surface area (Å²) in [5.41, 5.74) is 4.57. The summed E-state index contributed by atoms with van der Waals surface area (Å²) in [6, 6.07) is 2.19. The van der Waals surface area contributed by atoms with Gasteiger partial charge in [0.1, 0.15) is 6.04 Å². The molecule has 4 nitrogen and oxygen atoms in total. The van der Waals surface area contributed by atoms with Crippen LogP contribution >= 0.6 is 0 Å². The fourth-order valence-corrected chi connectivity index (χ4v) is 1.33. The normalized spacial score (nSPS) is 11.7. The second-order valence-electron chi connectivity index (χ2n) is 3.55. The molecule has 3 N–H and O–H groups in total. The molecular formula is C12H12F2N2O2. The van der Waals surface area contributed by atoms with Crippen LogP contribution in [0.1, 0.15) is 16.8 Å². The second-order valence-corrected chi connectivity index (χ2v) is 3.55. The fourth-order valence-electron chi connectivity index (χ4n) is 1.33. The highest BCUT2D eigenvalue weighted by atomic mass is 19.2. The van der Waals surface area contributed by atoms with Gasteiger partial charge in [0.2, 0.25) is 5.91 Å². The van der Waals surface area contributed by atoms with Gasteiger partial charge in [-0.15, -0.1) is 6.58 Å². The SMILES string of the molecule is C=CC[C@@H](NC(=O)c1cccc(F)c1F)C(N)=O. The summed E-state index contributed by atoms with van der Waals surface area (Å²) in [7, 11) is 0. The summed E-state index contributed by atoms with van der Waals surface area (Å²) in [5.74, 6) is -4.09. The lowest BCUT2D eigenvalue weighted by Crippen LogP contribution is -2.44. The number of rotatable bonds is 5. The van der Waals surface area contributed by atoms with Gasteiger partial charge in [-0.1, -0.05) is 12.1 Å². The maximum absolute atomic E-state index is 13.3. The van der Waals surface area contributed by atoms with Crippen LogP contribution in [0.2, 0.25) is 0 Å². The zero-order valence-corrected chi connectivity index (χ0v) is 9.45. The van der Waals surface area contributed by atoms with Gasteiger partial charge in [0.15, 0.2) is 11.6 Å². The van der Waals surface area contributed by atoms with E-state index in [1.54, 1.807) is 0 Å². The summed E-state index contributed by atoms with van der Waals surface area (Å²) < 4.78 is 26.2. The van der Waals surface area contributed by atoms with Crippen LogP contribution in [0.25, 0.3) is 0 Å². The van der Waals surface area contributed by atoms with Crippen molar-refractivity contribution in [2.24, 2.45) is 5.73 Å². The van der Waals surface area contributed by atoms with E-state index < -0.39 is 35.1 Å². The number of hydrogen-bond acceptors (Lipinski definition) is 2. The van der Waals surface area contributed by atoms with Gasteiger partial charge in [-0.2, -0.15) is 0 Å². The molecule has 6 heteroatoms. The molecule has 0 aromatic heterocycles. The Morgan fingerprint density at radius 3 is 2.67 bits per heavy atom. The first-order valence-electron chi connectivity index (χ1n) is 5.12. The Balaban J connectivity index is 2.90. The largest absolute Gasteiger partial charge is 0.368 e. The van der Waals surface area contributed by atoms with Crippen molar-refractivity contribution in [2.75, 3.05) is 0 Å². The molecule has 96 valence electrons. The number of benzene rings is 1. The number of amides is 2. The van der Waals surface area contributed by atoms with E-state index in [-0.39, 0.29) is 6.42 Å². The van der Waals surface area contributed by atoms with E-state index in [4.69, 9.17) is 5.73 Å². The summed E-state index contributed by atoms with van der Waals surface area (Å²) in [5, 5.41) is 2.21. The first kappa shape index (κ1) is 13.8. The van der Waals surface area contributed by atoms with Crippen molar-refractivity contribution in [2.45, 2.75) is 12.5 Å². The van der Waals surface area contributed by atoms with E-state index in [0.29, 0.717) is 0 Å². The van der Waals surface area contributed by atoms with Gasteiger partial charge in [0.05, 0.1) is 5.56 Å². The summed E-state index contributed by atoms with van der Waals surface area (Å²) in [6.07, 6.45) is 1.50. The highest BCUT2D eigenvalue weighted by Gasteiger charge is 2.20. The van der Waals surface area contributed by atoms with E-state index >= 15 is 0 Å². The van der Waals surface area contributed by atoms with Crippen LogP contribution in [0.3, 0.4) is 0 Å². The van der Waals surface area contributed by atoms with Crippen molar-refractivity contribution < 1.29 is 18.4 Å². The minimum absolute atomic E-state index is 0.109. The van der Waals surface area contributed by atoms with Crippen LogP contribution in [0.4, 0.5) is 8.78 Å². The van der Waals surface area contributed by atoms with Crippen molar-refractivity contribution >= 4 is 11.8 Å². The van der Waals surface area contributed by atoms with Gasteiger partial charge in [-0.25, -0.2) is 8.78 Å². The van der Waals surface area contributed by atoms with E-state index in [2.05, 4.69) is 11.9 Å². The molecule has 0 aliphatic heterocycles. The quantitative estimate of drug-likeness (QED) is 0.773. The molecule has 18 heavy (non-hydrogen) atoms. The van der Waals surface area contributed by atoms with Crippen molar-refractivity contribution in [1.29, 1.82) is 0 Å². The van der Waals surface area contributed by atoms with Crippen molar-refractivity contribution in [3.05, 3.63) is 48.1 Å². The third-order valence-corrected chi connectivity index (χ3v) is 2.25. The first-order valence-corrected chi connectivity index (χ1v) is 5.12. The van der Waals surface area contributed by atoms with Gasteiger partial charge < -0.3 is 11.1 Å². The zero-order chi connectivity index (χ0) is 13.7. The van der Waals surface area contributed by atoms with E-state index in [1.807, 2.05) is 0 Å². The molecule has 0 fully saturated rings. The second kappa shape index (κ2) is 5.90. The number of halogens is 2. The van der Waals surface area contributed by atoms with Gasteiger partial charge >= 0.3 is 0 Å². The number of carbonyl (C=O) groups is 2. The molecule has 0 aliphatic carbocycles. The monoisotopic (exact) mass is 254 g/mol. The molecule has 1 aromatic carbocycles. The maximum Gasteiger partial charge on any atom is 0.255 e. The number of carbonyl (C=O) groups excluding carboxylic acids is 2. The first-order chi connectivity index (χ1) is 8.47. The van der Waals surface area contributed by atoms with E-state index in [9.17, 15) is 18.4 Å². The standard InChI is InChI=1S/C12H12F2N2O2/c1-2-4-9(11(15)17)16-12(18)7-5-3-6-8(13)10(7)14/h2-3,5-6,9H,1,4H2,(H2,15,17)(H,16,18)/t9-/m1/s1. The minimum atomic E-state index is -1.27. The predicted octanol–water partition coefficient (Wildman–Crippen LogP) is 1.12. The Labute approximate surface area is 102 Å². The van der Waals surface area contributed by atoms with Crippen molar-refractivity contribution in [3.63, 3.8) is 0 Å². The van der Waals surface area contributed by atoms with E-state index in [0.717, 1.165) is 12.1 Å². The lowest BCUT2D eigenvalue weighted by Gasteiger charge is -2.13. The van der Waals surface area contributed by atoms with E-state index in [1.165, 1.54) is 12.1 Å². The van der Waals surface area contributed by atoms with Gasteiger partial charge in [-0.05, 0) is 18.6 Å². The Hall–Kier alpha value is -2.24. The predicted molar refractivity (Wildman–Crippen MR) is 61.6 cm³/mol. The highest BCUT2D eigenvalue weighted by molar-refractivity contribution is 5.97. The molecule has 0 spiro atoms. The molecule has 0 saturated heterocycles. The summed E-state index contributed by atoms with van der Waals surface area (Å²) in [4.78, 5) is 22.6. The van der Waals surface area contributed by atoms with Gasteiger partial charge in [-0.3, -0.25) is 9.59 Å². The van der Waals surface area contributed by atoms with Crippen LogP contribution in [-0.2, 0) is 4.79 Å². The molecule has 0 aliphatic rings. The van der Waals surface area contributed by atoms with Gasteiger partial charge in [0, 0.05) is 0 Å². The number of primary amides is 1. The summed E-state index contributed by atoms with van der Waals surface area (Å²) >= 11 is 0. The minimum Gasteiger partial charge on any atom is -0.368 e. The Morgan fingerprint density at radius 1 is 1.44 bits per heavy atom. The molecule has 1 aromatic rings. The lowest BCUT2D eigenvalue weighted by molar-refractivity contribution is -0.119. The fraction of sp³-hybridized carbons (Fsp3) is 0.167. The Bertz CT molecular complexity index is 489. The van der Waals surface area contributed by atoms with Crippen LogP contribution in [-0.4, -0.2) is 17.9 Å². The smallest absolute Gasteiger partial charge is 0.255 e. The number of nitrogens with one attached hydrogen (secondary N) is 1. The maximum atomic E-state index is 13.3. The molecule has 1 atom stereocenters. The Kier molecular flexibility index (Phi) is 4.53. The third kappa shape index (κ3) is 3.13. The van der Waals surface area contributed by atoms with Crippen molar-refractivity contribution in [1.82, 2.24) is 5.32 Å². The molecule has 0 saturated carbocycles. The average molecular weight is 254 g/mol. The average Bonchev–Trinajstić information content (AvgIpc) is 2.31. The topological polar surface area (TPSA) is 72.2 Å². The van der Waals surface area contributed by atoms with Crippen LogP contribution < -0.4 is 11.1 Å². The van der Waals surface area contributed by atoms with Gasteiger partial charge in [0.25, 0.3) is 5.91 Å². The third-order valence-electron chi connectivity index (χ3n) is 2.25. The number of nitrogens with two attached hydrogens (primary N) is 1. The van der Waals surface area contributed by atoms with Crippen molar-refractivity contribution in [3.8, 4) is 0 Å². The summed E-state index contributed by atoms with van der Waals surface area (Å²) in [6.45, 7) is 3.40. The molecular weight excluding hydrogens is 242 g/mol. The Morgan fingerprint density at radius 2 is 2.11 bits per heavy atom. The molecule has 0 radical (unpaired) electrons. The molecule has 0 unspecified atom stereocenters. The number of hydrogen-bond donors (Lipinski definition) is 2. The lowest BCUT2D eigenvalue weighted by atomic mass is 10.1. The molecule has 0 heterocycles. The van der Waals surface area contributed by atoms with Crippen LogP contribution in [0.5, 0.6) is 0 Å².